The topological polar surface area (TPSA) is 80.6 Å². The molecule has 6 nitrogen and oxygen atoms in total. The van der Waals surface area contributed by atoms with Gasteiger partial charge in [0.2, 0.25) is 5.91 Å². The molecule has 0 bridgehead atoms. The summed E-state index contributed by atoms with van der Waals surface area (Å²) in [5, 5.41) is 0.889. The third-order valence-corrected chi connectivity index (χ3v) is 3.89. The normalized spacial score (nSPS) is 10.5. The molecule has 0 aliphatic carbocycles. The number of hydrogen-bond donors (Lipinski definition) is 2. The van der Waals surface area contributed by atoms with Crippen LogP contribution in [0.2, 0.25) is 0 Å². The van der Waals surface area contributed by atoms with E-state index in [9.17, 15) is 9.59 Å². The number of furan rings is 1. The van der Waals surface area contributed by atoms with Crippen molar-refractivity contribution in [2.75, 3.05) is 6.61 Å². The molecule has 2 N–H and O–H groups in total. The third-order valence-electron chi connectivity index (χ3n) is 3.89. The van der Waals surface area contributed by atoms with Crippen molar-refractivity contribution >= 4 is 22.8 Å². The summed E-state index contributed by atoms with van der Waals surface area (Å²) in [6.07, 6.45) is 1.67. The predicted molar refractivity (Wildman–Crippen MR) is 97.6 cm³/mol. The summed E-state index contributed by atoms with van der Waals surface area (Å²) in [5.74, 6) is -0.180. The zero-order valence-electron chi connectivity index (χ0n) is 14.7. The van der Waals surface area contributed by atoms with Crippen molar-refractivity contribution in [3.8, 4) is 5.75 Å². The Kier molecular flexibility index (Phi) is 5.22. The third kappa shape index (κ3) is 4.42. The summed E-state index contributed by atoms with van der Waals surface area (Å²) >= 11 is 0. The number of amides is 2. The van der Waals surface area contributed by atoms with Crippen molar-refractivity contribution in [2.45, 2.75) is 20.3 Å². The molecule has 0 aliphatic rings. The fourth-order valence-corrected chi connectivity index (χ4v) is 2.50. The van der Waals surface area contributed by atoms with E-state index < -0.39 is 5.91 Å². The Balaban J connectivity index is 1.47. The van der Waals surface area contributed by atoms with Gasteiger partial charge in [-0.2, -0.15) is 0 Å². The van der Waals surface area contributed by atoms with E-state index in [2.05, 4.69) is 10.9 Å². The molecule has 1 heterocycles. The van der Waals surface area contributed by atoms with Gasteiger partial charge in [0.25, 0.3) is 5.91 Å². The molecule has 0 unspecified atom stereocenters. The van der Waals surface area contributed by atoms with E-state index in [1.54, 1.807) is 18.4 Å². The minimum Gasteiger partial charge on any atom is -0.484 e. The van der Waals surface area contributed by atoms with Gasteiger partial charge in [-0.25, -0.2) is 0 Å². The lowest BCUT2D eigenvalue weighted by atomic mass is 10.1. The van der Waals surface area contributed by atoms with Crippen molar-refractivity contribution in [2.24, 2.45) is 0 Å². The molecule has 0 atom stereocenters. The van der Waals surface area contributed by atoms with Crippen LogP contribution in [-0.4, -0.2) is 18.4 Å². The molecule has 6 heteroatoms. The molecule has 134 valence electrons. The number of carbonyl (C=O) groups excluding carboxylic acids is 2. The van der Waals surface area contributed by atoms with Crippen molar-refractivity contribution < 1.29 is 18.7 Å². The lowest BCUT2D eigenvalue weighted by molar-refractivity contribution is -0.129. The zero-order chi connectivity index (χ0) is 18.5. The number of aryl methyl sites for hydroxylation is 2. The summed E-state index contributed by atoms with van der Waals surface area (Å²) in [4.78, 5) is 23.8. The Labute approximate surface area is 151 Å². The molecule has 1 aromatic heterocycles. The van der Waals surface area contributed by atoms with Gasteiger partial charge in [-0.05, 0) is 37.6 Å². The average molecular weight is 352 g/mol. The molecule has 3 rings (SSSR count). The molecule has 2 amide bonds. The van der Waals surface area contributed by atoms with Crippen LogP contribution in [0.5, 0.6) is 5.75 Å². The number of nitrogens with one attached hydrogen (secondary N) is 2. The number of hydrogen-bond acceptors (Lipinski definition) is 4. The smallest absolute Gasteiger partial charge is 0.276 e. The van der Waals surface area contributed by atoms with Crippen LogP contribution in [0.4, 0.5) is 0 Å². The van der Waals surface area contributed by atoms with Gasteiger partial charge in [-0.1, -0.05) is 29.8 Å². The molecule has 0 radical (unpaired) electrons. The molecule has 0 aliphatic heterocycles. The van der Waals surface area contributed by atoms with Gasteiger partial charge in [-0.3, -0.25) is 20.4 Å². The maximum absolute atomic E-state index is 12.0. The van der Waals surface area contributed by atoms with Gasteiger partial charge >= 0.3 is 0 Å². The van der Waals surface area contributed by atoms with E-state index in [-0.39, 0.29) is 18.9 Å². The fraction of sp³-hybridized carbons (Fsp3) is 0.200. The average Bonchev–Trinajstić information content (AvgIpc) is 3.01. The van der Waals surface area contributed by atoms with Crippen LogP contribution in [0.3, 0.4) is 0 Å². The van der Waals surface area contributed by atoms with Crippen LogP contribution >= 0.6 is 0 Å². The number of ether oxygens (including phenoxy) is 1. The molecule has 0 saturated carbocycles. The zero-order valence-corrected chi connectivity index (χ0v) is 14.7. The standard InChI is InChI=1S/C20H20N2O4/c1-13-3-6-16(7-4-13)25-12-20(24)22-21-19(23)10-15-11-26-18-9-14(2)5-8-17(15)18/h3-9,11H,10,12H2,1-2H3,(H,21,23)(H,22,24). The molecule has 2 aromatic carbocycles. The second-order valence-electron chi connectivity index (χ2n) is 6.14. The maximum atomic E-state index is 12.0. The minimum atomic E-state index is -0.438. The molecule has 26 heavy (non-hydrogen) atoms. The van der Waals surface area contributed by atoms with E-state index in [0.29, 0.717) is 5.75 Å². The Morgan fingerprint density at radius 2 is 1.65 bits per heavy atom. The molecule has 0 fully saturated rings. The fourth-order valence-electron chi connectivity index (χ4n) is 2.50. The van der Waals surface area contributed by atoms with E-state index in [4.69, 9.17) is 9.15 Å². The SMILES string of the molecule is Cc1ccc(OCC(=O)NNC(=O)Cc2coc3cc(C)ccc23)cc1. The molecule has 3 aromatic rings. The maximum Gasteiger partial charge on any atom is 0.276 e. The van der Waals surface area contributed by atoms with Crippen molar-refractivity contribution in [1.82, 2.24) is 10.9 Å². The van der Waals surface area contributed by atoms with Crippen LogP contribution in [0.25, 0.3) is 11.0 Å². The second kappa shape index (κ2) is 7.74. The Bertz CT molecular complexity index is 929. The lowest BCUT2D eigenvalue weighted by Crippen LogP contribution is -2.44. The van der Waals surface area contributed by atoms with Crippen molar-refractivity contribution in [3.05, 3.63) is 65.4 Å². The van der Waals surface area contributed by atoms with Gasteiger partial charge in [0.15, 0.2) is 6.61 Å². The van der Waals surface area contributed by atoms with E-state index in [1.165, 1.54) is 0 Å². The monoisotopic (exact) mass is 352 g/mol. The van der Waals surface area contributed by atoms with Crippen LogP contribution in [0.1, 0.15) is 16.7 Å². The lowest BCUT2D eigenvalue weighted by Gasteiger charge is -2.08. The van der Waals surface area contributed by atoms with Crippen molar-refractivity contribution in [3.63, 3.8) is 0 Å². The number of hydrazine groups is 1. The van der Waals surface area contributed by atoms with Gasteiger partial charge in [0, 0.05) is 10.9 Å². The highest BCUT2D eigenvalue weighted by molar-refractivity contribution is 5.89. The highest BCUT2D eigenvalue weighted by Crippen LogP contribution is 2.22. The van der Waals surface area contributed by atoms with Gasteiger partial charge in [0.1, 0.15) is 11.3 Å². The first-order valence-electron chi connectivity index (χ1n) is 8.25. The highest BCUT2D eigenvalue weighted by Gasteiger charge is 2.11. The summed E-state index contributed by atoms with van der Waals surface area (Å²) in [6.45, 7) is 3.76. The van der Waals surface area contributed by atoms with E-state index in [0.717, 1.165) is 27.7 Å². The minimum absolute atomic E-state index is 0.106. The van der Waals surface area contributed by atoms with Crippen LogP contribution in [-0.2, 0) is 16.0 Å². The summed E-state index contributed by atoms with van der Waals surface area (Å²) in [5.41, 5.74) is 8.42. The van der Waals surface area contributed by atoms with Crippen LogP contribution < -0.4 is 15.6 Å². The first-order valence-corrected chi connectivity index (χ1v) is 8.25. The number of rotatable bonds is 5. The van der Waals surface area contributed by atoms with Crippen molar-refractivity contribution in [1.29, 1.82) is 0 Å². The Hall–Kier alpha value is -3.28. The van der Waals surface area contributed by atoms with Crippen LogP contribution in [0, 0.1) is 13.8 Å². The molecular formula is C20H20N2O4. The largest absolute Gasteiger partial charge is 0.484 e. The Morgan fingerprint density at radius 1 is 0.962 bits per heavy atom. The quantitative estimate of drug-likeness (QED) is 0.692. The first kappa shape index (κ1) is 17.5. The first-order chi connectivity index (χ1) is 12.5. The summed E-state index contributed by atoms with van der Waals surface area (Å²) < 4.78 is 10.8. The summed E-state index contributed by atoms with van der Waals surface area (Å²) in [6, 6.07) is 13.2. The number of fused-ring (bicyclic) bond motifs is 1. The number of carbonyl (C=O) groups is 2. The van der Waals surface area contributed by atoms with Gasteiger partial charge in [-0.15, -0.1) is 0 Å². The predicted octanol–water partition coefficient (Wildman–Crippen LogP) is 2.82. The Morgan fingerprint density at radius 3 is 2.42 bits per heavy atom. The number of benzene rings is 2. The second-order valence-corrected chi connectivity index (χ2v) is 6.14. The summed E-state index contributed by atoms with van der Waals surface area (Å²) in [7, 11) is 0. The molecule has 0 saturated heterocycles. The van der Waals surface area contributed by atoms with Crippen LogP contribution in [0.15, 0.2) is 53.1 Å². The van der Waals surface area contributed by atoms with Gasteiger partial charge in [0.05, 0.1) is 12.7 Å². The van der Waals surface area contributed by atoms with E-state index >= 15 is 0 Å². The highest BCUT2D eigenvalue weighted by atomic mass is 16.5. The molecule has 0 spiro atoms. The molecular weight excluding hydrogens is 332 g/mol. The van der Waals surface area contributed by atoms with Gasteiger partial charge < -0.3 is 9.15 Å². The van der Waals surface area contributed by atoms with E-state index in [1.807, 2.05) is 44.2 Å².